The first-order valence-electron chi connectivity index (χ1n) is 7.70. The third-order valence-electron chi connectivity index (χ3n) is 4.07. The zero-order valence-electron chi connectivity index (χ0n) is 12.9. The van der Waals surface area contributed by atoms with Gasteiger partial charge in [-0.25, -0.2) is 0 Å². The topological polar surface area (TPSA) is 36.4 Å². The van der Waals surface area contributed by atoms with E-state index in [1.54, 1.807) is 0 Å². The van der Waals surface area contributed by atoms with Crippen molar-refractivity contribution in [1.82, 2.24) is 14.8 Å². The highest BCUT2D eigenvalue weighted by atomic mass is 16.2. The van der Waals surface area contributed by atoms with Gasteiger partial charge in [0.1, 0.15) is 0 Å². The smallest absolute Gasteiger partial charge is 0.253 e. The lowest BCUT2D eigenvalue weighted by Gasteiger charge is -2.34. The molecule has 0 bridgehead atoms. The standard InChI is InChI=1S/C18H21N3O/c1-15-5-7-16(8-6-15)18(22)21-12-10-20(11-13-21)14-17-4-2-3-9-19-17/h2-9H,10-14H2,1H3. The molecular weight excluding hydrogens is 274 g/mol. The van der Waals surface area contributed by atoms with Crippen LogP contribution in [0.4, 0.5) is 0 Å². The number of piperazine rings is 1. The summed E-state index contributed by atoms with van der Waals surface area (Å²) < 4.78 is 0. The molecule has 1 aliphatic rings. The van der Waals surface area contributed by atoms with E-state index in [0.717, 1.165) is 44.0 Å². The summed E-state index contributed by atoms with van der Waals surface area (Å²) in [7, 11) is 0. The number of aromatic nitrogens is 1. The number of nitrogens with zero attached hydrogens (tertiary/aromatic N) is 3. The molecule has 4 nitrogen and oxygen atoms in total. The molecule has 1 amide bonds. The summed E-state index contributed by atoms with van der Waals surface area (Å²) in [6.07, 6.45) is 1.83. The van der Waals surface area contributed by atoms with Gasteiger partial charge in [0.25, 0.3) is 5.91 Å². The second-order valence-corrected chi connectivity index (χ2v) is 5.76. The highest BCUT2D eigenvalue weighted by molar-refractivity contribution is 5.94. The maximum Gasteiger partial charge on any atom is 0.253 e. The molecule has 0 aliphatic carbocycles. The summed E-state index contributed by atoms with van der Waals surface area (Å²) in [5.41, 5.74) is 3.04. The summed E-state index contributed by atoms with van der Waals surface area (Å²) in [5, 5.41) is 0. The lowest BCUT2D eigenvalue weighted by atomic mass is 10.1. The number of rotatable bonds is 3. The fraction of sp³-hybridized carbons (Fsp3) is 0.333. The molecule has 0 saturated carbocycles. The first kappa shape index (κ1) is 14.7. The Hall–Kier alpha value is -2.20. The van der Waals surface area contributed by atoms with Gasteiger partial charge >= 0.3 is 0 Å². The van der Waals surface area contributed by atoms with Gasteiger partial charge in [0, 0.05) is 44.5 Å². The first-order valence-corrected chi connectivity index (χ1v) is 7.70. The molecule has 3 rings (SSSR count). The van der Waals surface area contributed by atoms with Gasteiger partial charge in [-0.3, -0.25) is 14.7 Å². The molecular formula is C18H21N3O. The Labute approximate surface area is 131 Å². The van der Waals surface area contributed by atoms with Crippen molar-refractivity contribution in [2.75, 3.05) is 26.2 Å². The Balaban J connectivity index is 1.55. The van der Waals surface area contributed by atoms with Gasteiger partial charge in [0.05, 0.1) is 5.69 Å². The minimum atomic E-state index is 0.137. The Morgan fingerprint density at radius 2 is 1.77 bits per heavy atom. The number of aryl methyl sites for hydroxylation is 1. The van der Waals surface area contributed by atoms with Crippen LogP contribution in [0.5, 0.6) is 0 Å². The Kier molecular flexibility index (Phi) is 4.49. The van der Waals surface area contributed by atoms with Crippen LogP contribution in [0.3, 0.4) is 0 Å². The van der Waals surface area contributed by atoms with Crippen molar-refractivity contribution in [3.63, 3.8) is 0 Å². The van der Waals surface area contributed by atoms with Crippen LogP contribution >= 0.6 is 0 Å². The maximum atomic E-state index is 12.5. The second kappa shape index (κ2) is 6.71. The molecule has 1 saturated heterocycles. The third-order valence-corrected chi connectivity index (χ3v) is 4.07. The van der Waals surface area contributed by atoms with Crippen LogP contribution in [0.1, 0.15) is 21.6 Å². The van der Waals surface area contributed by atoms with Crippen LogP contribution in [-0.2, 0) is 6.54 Å². The van der Waals surface area contributed by atoms with E-state index in [-0.39, 0.29) is 5.91 Å². The predicted octanol–water partition coefficient (Wildman–Crippen LogP) is 2.35. The van der Waals surface area contributed by atoms with Gasteiger partial charge in [0.15, 0.2) is 0 Å². The van der Waals surface area contributed by atoms with Crippen LogP contribution in [-0.4, -0.2) is 46.9 Å². The van der Waals surface area contributed by atoms with Crippen molar-refractivity contribution in [2.45, 2.75) is 13.5 Å². The van der Waals surface area contributed by atoms with Crippen molar-refractivity contribution in [1.29, 1.82) is 0 Å². The number of benzene rings is 1. The lowest BCUT2D eigenvalue weighted by Crippen LogP contribution is -2.48. The van der Waals surface area contributed by atoms with Gasteiger partial charge in [-0.2, -0.15) is 0 Å². The minimum absolute atomic E-state index is 0.137. The van der Waals surface area contributed by atoms with E-state index in [9.17, 15) is 4.79 Å². The minimum Gasteiger partial charge on any atom is -0.336 e. The molecule has 114 valence electrons. The van der Waals surface area contributed by atoms with Gasteiger partial charge < -0.3 is 4.90 Å². The van der Waals surface area contributed by atoms with Crippen LogP contribution in [0.15, 0.2) is 48.7 Å². The second-order valence-electron chi connectivity index (χ2n) is 5.76. The van der Waals surface area contributed by atoms with E-state index < -0.39 is 0 Å². The average molecular weight is 295 g/mol. The number of carbonyl (C=O) groups excluding carboxylic acids is 1. The van der Waals surface area contributed by atoms with E-state index >= 15 is 0 Å². The number of amides is 1. The van der Waals surface area contributed by atoms with Gasteiger partial charge in [-0.05, 0) is 31.2 Å². The summed E-state index contributed by atoms with van der Waals surface area (Å²) in [4.78, 5) is 21.1. The number of hydrogen-bond donors (Lipinski definition) is 0. The zero-order valence-corrected chi connectivity index (χ0v) is 12.9. The van der Waals surface area contributed by atoms with Gasteiger partial charge in [0.2, 0.25) is 0 Å². The lowest BCUT2D eigenvalue weighted by molar-refractivity contribution is 0.0627. The van der Waals surface area contributed by atoms with Crippen molar-refractivity contribution < 1.29 is 4.79 Å². The molecule has 1 aromatic carbocycles. The molecule has 1 aliphatic heterocycles. The van der Waals surface area contributed by atoms with Crippen molar-refractivity contribution >= 4 is 5.91 Å². The van der Waals surface area contributed by atoms with E-state index in [4.69, 9.17) is 0 Å². The van der Waals surface area contributed by atoms with Crippen LogP contribution < -0.4 is 0 Å². The molecule has 0 spiro atoms. The van der Waals surface area contributed by atoms with E-state index in [1.165, 1.54) is 5.56 Å². The molecule has 1 fully saturated rings. The van der Waals surface area contributed by atoms with E-state index in [0.29, 0.717) is 0 Å². The summed E-state index contributed by atoms with van der Waals surface area (Å²) in [6.45, 7) is 6.24. The largest absolute Gasteiger partial charge is 0.336 e. The summed E-state index contributed by atoms with van der Waals surface area (Å²) >= 11 is 0. The molecule has 22 heavy (non-hydrogen) atoms. The number of carbonyl (C=O) groups is 1. The Morgan fingerprint density at radius 3 is 2.41 bits per heavy atom. The van der Waals surface area contributed by atoms with Gasteiger partial charge in [-0.1, -0.05) is 23.8 Å². The molecule has 0 radical (unpaired) electrons. The molecule has 2 heterocycles. The highest BCUT2D eigenvalue weighted by Gasteiger charge is 2.22. The summed E-state index contributed by atoms with van der Waals surface area (Å²) in [5.74, 6) is 0.137. The van der Waals surface area contributed by atoms with Crippen LogP contribution in [0.2, 0.25) is 0 Å². The SMILES string of the molecule is Cc1ccc(C(=O)N2CCN(Cc3ccccn3)CC2)cc1. The normalized spacial score (nSPS) is 15.8. The predicted molar refractivity (Wildman–Crippen MR) is 86.6 cm³/mol. The van der Waals surface area contributed by atoms with Crippen LogP contribution in [0, 0.1) is 6.92 Å². The molecule has 1 aromatic heterocycles. The number of hydrogen-bond acceptors (Lipinski definition) is 3. The first-order chi connectivity index (χ1) is 10.7. The van der Waals surface area contributed by atoms with Crippen molar-refractivity contribution in [2.24, 2.45) is 0 Å². The number of pyridine rings is 1. The Bertz CT molecular complexity index is 617. The van der Waals surface area contributed by atoms with Gasteiger partial charge in [-0.15, -0.1) is 0 Å². The maximum absolute atomic E-state index is 12.5. The highest BCUT2D eigenvalue weighted by Crippen LogP contribution is 2.11. The van der Waals surface area contributed by atoms with Crippen molar-refractivity contribution in [3.05, 3.63) is 65.5 Å². The molecule has 0 N–H and O–H groups in total. The molecule has 2 aromatic rings. The van der Waals surface area contributed by atoms with Crippen molar-refractivity contribution in [3.8, 4) is 0 Å². The average Bonchev–Trinajstić information content (AvgIpc) is 2.57. The zero-order chi connectivity index (χ0) is 15.4. The van der Waals surface area contributed by atoms with Crippen LogP contribution in [0.25, 0.3) is 0 Å². The Morgan fingerprint density at radius 1 is 1.05 bits per heavy atom. The van der Waals surface area contributed by atoms with E-state index in [1.807, 2.05) is 60.5 Å². The quantitative estimate of drug-likeness (QED) is 0.872. The fourth-order valence-electron chi connectivity index (χ4n) is 2.71. The molecule has 4 heteroatoms. The molecule has 0 unspecified atom stereocenters. The molecule has 0 atom stereocenters. The fourth-order valence-corrected chi connectivity index (χ4v) is 2.71. The van der Waals surface area contributed by atoms with E-state index in [2.05, 4.69) is 9.88 Å². The third kappa shape index (κ3) is 3.52. The summed E-state index contributed by atoms with van der Waals surface area (Å²) in [6, 6.07) is 13.8. The monoisotopic (exact) mass is 295 g/mol.